The fourth-order valence-electron chi connectivity index (χ4n) is 3.92. The minimum Gasteiger partial charge on any atom is -0.337 e. The Hall–Kier alpha value is -4.34. The zero-order valence-electron chi connectivity index (χ0n) is 19.4. The molecule has 0 aliphatic rings. The van der Waals surface area contributed by atoms with Gasteiger partial charge in [0.15, 0.2) is 11.3 Å². The zero-order chi connectivity index (χ0) is 26.2. The number of hydrogen-bond acceptors (Lipinski definition) is 7. The minimum atomic E-state index is -4.59. The van der Waals surface area contributed by atoms with Crippen molar-refractivity contribution in [2.75, 3.05) is 11.9 Å². The first-order valence-corrected chi connectivity index (χ1v) is 10.8. The summed E-state index contributed by atoms with van der Waals surface area (Å²) >= 11 is 0. The van der Waals surface area contributed by atoms with Gasteiger partial charge in [0.25, 0.3) is 5.56 Å². The van der Waals surface area contributed by atoms with E-state index in [0.29, 0.717) is 17.7 Å². The van der Waals surface area contributed by atoms with E-state index in [1.165, 1.54) is 22.9 Å². The number of anilines is 1. The molecule has 13 heteroatoms. The Labute approximate surface area is 202 Å². The average Bonchev–Trinajstić information content (AvgIpc) is 3.24. The van der Waals surface area contributed by atoms with Crippen molar-refractivity contribution in [3.05, 3.63) is 75.5 Å². The van der Waals surface area contributed by atoms with Crippen molar-refractivity contribution in [3.63, 3.8) is 0 Å². The zero-order valence-corrected chi connectivity index (χ0v) is 19.4. The van der Waals surface area contributed by atoms with Gasteiger partial charge >= 0.3 is 6.18 Å². The molecule has 9 nitrogen and oxygen atoms in total. The molecule has 0 amide bonds. The highest BCUT2D eigenvalue weighted by Crippen LogP contribution is 2.30. The summed E-state index contributed by atoms with van der Waals surface area (Å²) in [6, 6.07) is 5.73. The molecule has 186 valence electrons. The van der Waals surface area contributed by atoms with Gasteiger partial charge in [-0.25, -0.2) is 9.07 Å². The maximum Gasteiger partial charge on any atom is 0.433 e. The van der Waals surface area contributed by atoms with Crippen LogP contribution in [0.15, 0.2) is 41.5 Å². The Morgan fingerprint density at radius 1 is 1.19 bits per heavy atom. The first-order valence-electron chi connectivity index (χ1n) is 10.8. The van der Waals surface area contributed by atoms with Crippen LogP contribution in [0.5, 0.6) is 0 Å². The van der Waals surface area contributed by atoms with Crippen LogP contribution in [0.25, 0.3) is 11.0 Å². The predicted octanol–water partition coefficient (Wildman–Crippen LogP) is 4.14. The molecule has 36 heavy (non-hydrogen) atoms. The molecule has 0 spiro atoms. The summed E-state index contributed by atoms with van der Waals surface area (Å²) in [5, 5.41) is 13.7. The van der Waals surface area contributed by atoms with Crippen molar-refractivity contribution in [1.82, 2.24) is 29.7 Å². The van der Waals surface area contributed by atoms with E-state index in [1.807, 2.05) is 13.0 Å². The van der Waals surface area contributed by atoms with Crippen LogP contribution >= 0.6 is 0 Å². The van der Waals surface area contributed by atoms with Crippen LogP contribution in [0.1, 0.15) is 55.0 Å². The summed E-state index contributed by atoms with van der Waals surface area (Å²) in [6.45, 7) is 3.53. The first kappa shape index (κ1) is 24.8. The highest BCUT2D eigenvalue weighted by Gasteiger charge is 2.32. The molecular weight excluding hydrogens is 480 g/mol. The van der Waals surface area contributed by atoms with Gasteiger partial charge < -0.3 is 4.90 Å². The Balaban J connectivity index is 1.80. The van der Waals surface area contributed by atoms with E-state index in [2.05, 4.69) is 25.0 Å². The van der Waals surface area contributed by atoms with E-state index in [-0.39, 0.29) is 28.7 Å². The molecule has 0 aromatic carbocycles. The molecule has 0 aliphatic heterocycles. The lowest BCUT2D eigenvalue weighted by molar-refractivity contribution is -0.141. The second-order valence-electron chi connectivity index (χ2n) is 8.08. The molecule has 1 N–H and O–H groups in total. The van der Waals surface area contributed by atoms with Gasteiger partial charge in [0, 0.05) is 13.2 Å². The minimum absolute atomic E-state index is 0.0469. The normalized spacial score (nSPS) is 13.4. The van der Waals surface area contributed by atoms with Crippen LogP contribution in [0, 0.1) is 17.1 Å². The second-order valence-corrected chi connectivity index (χ2v) is 8.08. The Morgan fingerprint density at radius 3 is 2.50 bits per heavy atom. The summed E-state index contributed by atoms with van der Waals surface area (Å²) in [4.78, 5) is 29.4. The number of aromatic nitrogens is 6. The second kappa shape index (κ2) is 9.37. The summed E-state index contributed by atoms with van der Waals surface area (Å²) in [7, 11) is 1.68. The lowest BCUT2D eigenvalue weighted by atomic mass is 10.1. The lowest BCUT2D eigenvalue weighted by Crippen LogP contribution is -2.28. The van der Waals surface area contributed by atoms with Crippen molar-refractivity contribution < 1.29 is 17.6 Å². The molecule has 4 heterocycles. The first-order chi connectivity index (χ1) is 17.0. The highest BCUT2D eigenvalue weighted by molar-refractivity contribution is 5.81. The van der Waals surface area contributed by atoms with Gasteiger partial charge in [-0.1, -0.05) is 13.0 Å². The van der Waals surface area contributed by atoms with E-state index in [4.69, 9.17) is 0 Å². The number of rotatable bonds is 6. The van der Waals surface area contributed by atoms with Gasteiger partial charge in [0.2, 0.25) is 5.95 Å². The molecule has 0 fully saturated rings. The standard InChI is InChI=1S/C23H20F4N8O/c1-4-17(15-7-6-14(24)11-29-15)34(3)22-31-20-19(21(36)32-22)16(9-28)33-35(20)12(2)13-5-8-18(30-10-13)23(25,26)27/h5-8,10-12,17H,4H2,1-3H3,(H,31,32,36). The van der Waals surface area contributed by atoms with Crippen molar-refractivity contribution >= 4 is 17.0 Å². The molecule has 4 rings (SSSR count). The maximum absolute atomic E-state index is 13.3. The van der Waals surface area contributed by atoms with Gasteiger partial charge in [-0.15, -0.1) is 0 Å². The number of H-pyrrole nitrogens is 1. The topological polar surface area (TPSA) is 116 Å². The number of nitrogens with one attached hydrogen (secondary N) is 1. The molecule has 0 saturated heterocycles. The van der Waals surface area contributed by atoms with Crippen LogP contribution in [0.4, 0.5) is 23.5 Å². The molecular formula is C23H20F4N8O. The molecule has 2 unspecified atom stereocenters. The number of alkyl halides is 3. The molecule has 0 radical (unpaired) electrons. The molecule has 4 aromatic heterocycles. The van der Waals surface area contributed by atoms with E-state index < -0.39 is 29.3 Å². The quantitative estimate of drug-likeness (QED) is 0.396. The molecule has 2 atom stereocenters. The van der Waals surface area contributed by atoms with Crippen molar-refractivity contribution in [2.45, 2.75) is 38.5 Å². The third-order valence-corrected chi connectivity index (χ3v) is 5.86. The van der Waals surface area contributed by atoms with E-state index in [0.717, 1.165) is 18.5 Å². The van der Waals surface area contributed by atoms with Crippen LogP contribution in [-0.4, -0.2) is 36.8 Å². The number of nitrogens with zero attached hydrogens (tertiary/aromatic N) is 7. The number of nitriles is 1. The van der Waals surface area contributed by atoms with Gasteiger partial charge in [-0.3, -0.25) is 19.7 Å². The Kier molecular flexibility index (Phi) is 6.45. The maximum atomic E-state index is 13.3. The molecule has 0 aliphatic carbocycles. The average molecular weight is 500 g/mol. The highest BCUT2D eigenvalue weighted by atomic mass is 19.4. The Bertz CT molecular complexity index is 1490. The van der Waals surface area contributed by atoms with Crippen LogP contribution in [0.3, 0.4) is 0 Å². The summed E-state index contributed by atoms with van der Waals surface area (Å²) in [5.74, 6) is -0.335. The van der Waals surface area contributed by atoms with Crippen molar-refractivity contribution in [2.24, 2.45) is 0 Å². The van der Waals surface area contributed by atoms with Crippen LogP contribution in [-0.2, 0) is 6.18 Å². The largest absolute Gasteiger partial charge is 0.433 e. The summed E-state index contributed by atoms with van der Waals surface area (Å²) < 4.78 is 53.4. The smallest absolute Gasteiger partial charge is 0.337 e. The van der Waals surface area contributed by atoms with Gasteiger partial charge in [0.1, 0.15) is 23.0 Å². The van der Waals surface area contributed by atoms with E-state index in [1.54, 1.807) is 18.9 Å². The predicted molar refractivity (Wildman–Crippen MR) is 122 cm³/mol. The number of pyridine rings is 2. The van der Waals surface area contributed by atoms with E-state index >= 15 is 0 Å². The lowest BCUT2D eigenvalue weighted by Gasteiger charge is -2.27. The third-order valence-electron chi connectivity index (χ3n) is 5.86. The molecule has 0 bridgehead atoms. The monoisotopic (exact) mass is 500 g/mol. The van der Waals surface area contributed by atoms with Gasteiger partial charge in [-0.05, 0) is 37.1 Å². The van der Waals surface area contributed by atoms with Crippen molar-refractivity contribution in [3.8, 4) is 6.07 Å². The number of fused-ring (bicyclic) bond motifs is 1. The van der Waals surface area contributed by atoms with Gasteiger partial charge in [-0.2, -0.15) is 28.5 Å². The fourth-order valence-corrected chi connectivity index (χ4v) is 3.92. The van der Waals surface area contributed by atoms with E-state index in [9.17, 15) is 27.6 Å². The molecule has 0 saturated carbocycles. The van der Waals surface area contributed by atoms with Crippen molar-refractivity contribution in [1.29, 1.82) is 5.26 Å². The van der Waals surface area contributed by atoms with Crippen LogP contribution in [0.2, 0.25) is 0 Å². The summed E-state index contributed by atoms with van der Waals surface area (Å²) in [6.07, 6.45) is -1.87. The van der Waals surface area contributed by atoms with Gasteiger partial charge in [0.05, 0.1) is 24.0 Å². The third kappa shape index (κ3) is 4.49. The van der Waals surface area contributed by atoms with Crippen LogP contribution < -0.4 is 10.5 Å². The molecule has 4 aromatic rings. The number of aromatic amines is 1. The fraction of sp³-hybridized carbons (Fsp3) is 0.304. The summed E-state index contributed by atoms with van der Waals surface area (Å²) in [5.41, 5.74) is -0.821. The number of hydrogen-bond donors (Lipinski definition) is 1. The Morgan fingerprint density at radius 2 is 1.94 bits per heavy atom. The SMILES string of the molecule is CCC(c1ccc(F)cn1)N(C)c1nc2c(c(C#N)nn2C(C)c2ccc(C(F)(F)F)nc2)c(=O)[nH]1. The number of halogens is 4.